The maximum atomic E-state index is 11.7. The molecule has 0 atom stereocenters. The topological polar surface area (TPSA) is 72.7 Å². The van der Waals surface area contributed by atoms with Gasteiger partial charge in [0, 0.05) is 19.2 Å². The van der Waals surface area contributed by atoms with Gasteiger partial charge in [0.05, 0.1) is 11.0 Å². The van der Waals surface area contributed by atoms with Gasteiger partial charge in [-0.1, -0.05) is 6.07 Å². The van der Waals surface area contributed by atoms with Crippen molar-refractivity contribution >= 4 is 11.6 Å². The maximum absolute atomic E-state index is 11.7. The number of hydrogen-bond donors (Lipinski definition) is 0. The summed E-state index contributed by atoms with van der Waals surface area (Å²) in [6.07, 6.45) is 2.06. The highest BCUT2D eigenvalue weighted by molar-refractivity contribution is 5.78. The number of likely N-dealkylation sites (tertiary alicyclic amines) is 1. The Labute approximate surface area is 104 Å². The minimum atomic E-state index is -0.491. The van der Waals surface area contributed by atoms with E-state index in [9.17, 15) is 14.9 Å². The predicted octanol–water partition coefficient (Wildman–Crippen LogP) is 1.60. The van der Waals surface area contributed by atoms with Gasteiger partial charge < -0.3 is 9.64 Å². The fourth-order valence-electron chi connectivity index (χ4n) is 1.89. The quantitative estimate of drug-likeness (QED) is 0.601. The second kappa shape index (κ2) is 5.48. The highest BCUT2D eigenvalue weighted by atomic mass is 16.6. The number of hydrogen-bond acceptors (Lipinski definition) is 4. The van der Waals surface area contributed by atoms with E-state index >= 15 is 0 Å². The van der Waals surface area contributed by atoms with Gasteiger partial charge in [0.25, 0.3) is 11.6 Å². The third-order valence-corrected chi connectivity index (χ3v) is 2.85. The van der Waals surface area contributed by atoms with Crippen molar-refractivity contribution in [2.24, 2.45) is 0 Å². The van der Waals surface area contributed by atoms with Gasteiger partial charge in [-0.05, 0) is 18.9 Å². The molecule has 18 heavy (non-hydrogen) atoms. The Hall–Kier alpha value is -2.11. The Morgan fingerprint density at radius 1 is 1.39 bits per heavy atom. The van der Waals surface area contributed by atoms with Crippen LogP contribution in [0.25, 0.3) is 0 Å². The number of nitro groups is 1. The molecule has 1 heterocycles. The zero-order valence-corrected chi connectivity index (χ0v) is 9.87. The smallest absolute Gasteiger partial charge is 0.273 e. The SMILES string of the molecule is O=C(COc1cccc([N+](=O)[O-])c1)N1CCCC1. The molecule has 0 bridgehead atoms. The molecule has 0 unspecified atom stereocenters. The lowest BCUT2D eigenvalue weighted by atomic mass is 10.3. The van der Waals surface area contributed by atoms with Crippen LogP contribution >= 0.6 is 0 Å². The summed E-state index contributed by atoms with van der Waals surface area (Å²) in [5, 5.41) is 10.6. The van der Waals surface area contributed by atoms with Crippen molar-refractivity contribution in [1.82, 2.24) is 4.90 Å². The molecule has 1 fully saturated rings. The van der Waals surface area contributed by atoms with Crippen LogP contribution in [0, 0.1) is 10.1 Å². The van der Waals surface area contributed by atoms with Crippen molar-refractivity contribution < 1.29 is 14.5 Å². The molecule has 1 saturated heterocycles. The van der Waals surface area contributed by atoms with E-state index in [0.29, 0.717) is 5.75 Å². The standard InChI is InChI=1S/C12H14N2O4/c15-12(13-6-1-2-7-13)9-18-11-5-3-4-10(8-11)14(16)17/h3-5,8H,1-2,6-7,9H2. The van der Waals surface area contributed by atoms with E-state index in [0.717, 1.165) is 25.9 Å². The summed E-state index contributed by atoms with van der Waals surface area (Å²) in [4.78, 5) is 23.5. The molecule has 0 spiro atoms. The normalized spacial score (nSPS) is 14.6. The van der Waals surface area contributed by atoms with Crippen LogP contribution in [0.5, 0.6) is 5.75 Å². The Balaban J connectivity index is 1.91. The molecule has 2 rings (SSSR count). The monoisotopic (exact) mass is 250 g/mol. The number of benzene rings is 1. The van der Waals surface area contributed by atoms with Crippen LogP contribution in [0.3, 0.4) is 0 Å². The van der Waals surface area contributed by atoms with E-state index in [-0.39, 0.29) is 18.2 Å². The van der Waals surface area contributed by atoms with Gasteiger partial charge in [0.2, 0.25) is 0 Å². The number of rotatable bonds is 4. The summed E-state index contributed by atoms with van der Waals surface area (Å²) < 4.78 is 5.28. The van der Waals surface area contributed by atoms with Crippen LogP contribution in [0.2, 0.25) is 0 Å². The second-order valence-corrected chi connectivity index (χ2v) is 4.13. The number of amides is 1. The molecule has 6 nitrogen and oxygen atoms in total. The first-order valence-electron chi connectivity index (χ1n) is 5.82. The second-order valence-electron chi connectivity index (χ2n) is 4.13. The number of nitrogens with zero attached hydrogens (tertiary/aromatic N) is 2. The molecule has 1 amide bonds. The molecule has 1 aromatic rings. The molecule has 0 N–H and O–H groups in total. The molecule has 6 heteroatoms. The maximum Gasteiger partial charge on any atom is 0.273 e. The number of ether oxygens (including phenoxy) is 1. The van der Waals surface area contributed by atoms with Crippen LogP contribution in [0.1, 0.15) is 12.8 Å². The zero-order valence-electron chi connectivity index (χ0n) is 9.87. The molecular weight excluding hydrogens is 236 g/mol. The fraction of sp³-hybridized carbons (Fsp3) is 0.417. The van der Waals surface area contributed by atoms with E-state index in [1.807, 2.05) is 0 Å². The average Bonchev–Trinajstić information content (AvgIpc) is 2.90. The molecule has 0 radical (unpaired) electrons. The lowest BCUT2D eigenvalue weighted by molar-refractivity contribution is -0.384. The van der Waals surface area contributed by atoms with Gasteiger partial charge in [-0.3, -0.25) is 14.9 Å². The minimum absolute atomic E-state index is 0.0406. The van der Waals surface area contributed by atoms with Gasteiger partial charge in [-0.25, -0.2) is 0 Å². The molecule has 0 aliphatic carbocycles. The van der Waals surface area contributed by atoms with Crippen molar-refractivity contribution in [3.05, 3.63) is 34.4 Å². The zero-order chi connectivity index (χ0) is 13.0. The average molecular weight is 250 g/mol. The summed E-state index contributed by atoms with van der Waals surface area (Å²) >= 11 is 0. The number of nitro benzene ring substituents is 1. The van der Waals surface area contributed by atoms with Gasteiger partial charge >= 0.3 is 0 Å². The van der Waals surface area contributed by atoms with Gasteiger partial charge in [-0.2, -0.15) is 0 Å². The Morgan fingerprint density at radius 3 is 2.78 bits per heavy atom. The molecule has 0 saturated carbocycles. The largest absolute Gasteiger partial charge is 0.484 e. The third kappa shape index (κ3) is 2.97. The van der Waals surface area contributed by atoms with E-state index in [2.05, 4.69) is 0 Å². The summed E-state index contributed by atoms with van der Waals surface area (Å²) in [6, 6.07) is 5.84. The van der Waals surface area contributed by atoms with Crippen LogP contribution in [0.15, 0.2) is 24.3 Å². The fourth-order valence-corrected chi connectivity index (χ4v) is 1.89. The van der Waals surface area contributed by atoms with Crippen molar-refractivity contribution in [3.63, 3.8) is 0 Å². The van der Waals surface area contributed by atoms with Gasteiger partial charge in [-0.15, -0.1) is 0 Å². The van der Waals surface area contributed by atoms with Crippen LogP contribution in [-0.2, 0) is 4.79 Å². The van der Waals surface area contributed by atoms with Gasteiger partial charge in [0.1, 0.15) is 5.75 Å². The Kier molecular flexibility index (Phi) is 3.76. The van der Waals surface area contributed by atoms with E-state index in [1.54, 1.807) is 11.0 Å². The van der Waals surface area contributed by atoms with Crippen molar-refractivity contribution in [1.29, 1.82) is 0 Å². The molecule has 0 aromatic heterocycles. The lowest BCUT2D eigenvalue weighted by Gasteiger charge is -2.15. The third-order valence-electron chi connectivity index (χ3n) is 2.85. The molecular formula is C12H14N2O4. The summed E-state index contributed by atoms with van der Waals surface area (Å²) in [7, 11) is 0. The van der Waals surface area contributed by atoms with Crippen molar-refractivity contribution in [2.45, 2.75) is 12.8 Å². The molecule has 96 valence electrons. The first kappa shape index (κ1) is 12.3. The van der Waals surface area contributed by atoms with E-state index in [4.69, 9.17) is 4.74 Å². The number of carbonyl (C=O) groups excluding carboxylic acids is 1. The molecule has 1 aliphatic rings. The minimum Gasteiger partial charge on any atom is -0.484 e. The van der Waals surface area contributed by atoms with Crippen molar-refractivity contribution in [2.75, 3.05) is 19.7 Å². The molecule has 1 aromatic carbocycles. The van der Waals surface area contributed by atoms with Crippen molar-refractivity contribution in [3.8, 4) is 5.75 Å². The first-order valence-corrected chi connectivity index (χ1v) is 5.82. The Morgan fingerprint density at radius 2 is 2.11 bits per heavy atom. The van der Waals surface area contributed by atoms with Crippen LogP contribution in [0.4, 0.5) is 5.69 Å². The highest BCUT2D eigenvalue weighted by Crippen LogP contribution is 2.19. The Bertz CT molecular complexity index is 455. The predicted molar refractivity (Wildman–Crippen MR) is 64.4 cm³/mol. The lowest BCUT2D eigenvalue weighted by Crippen LogP contribution is -2.32. The number of carbonyl (C=O) groups is 1. The highest BCUT2D eigenvalue weighted by Gasteiger charge is 2.18. The van der Waals surface area contributed by atoms with E-state index < -0.39 is 4.92 Å². The van der Waals surface area contributed by atoms with Crippen LogP contribution in [-0.4, -0.2) is 35.4 Å². The van der Waals surface area contributed by atoms with E-state index in [1.165, 1.54) is 18.2 Å². The first-order chi connectivity index (χ1) is 8.66. The van der Waals surface area contributed by atoms with Crippen LogP contribution < -0.4 is 4.74 Å². The van der Waals surface area contributed by atoms with Gasteiger partial charge in [0.15, 0.2) is 6.61 Å². The summed E-state index contributed by atoms with van der Waals surface area (Å²) in [6.45, 7) is 1.48. The summed E-state index contributed by atoms with van der Waals surface area (Å²) in [5.41, 5.74) is -0.0406. The molecule has 1 aliphatic heterocycles. The summed E-state index contributed by atoms with van der Waals surface area (Å²) in [5.74, 6) is 0.274. The number of non-ortho nitro benzene ring substituents is 1.